The molecule has 0 unspecified atom stereocenters. The number of hydrogen-bond acceptors (Lipinski definition) is 1. The summed E-state index contributed by atoms with van der Waals surface area (Å²) in [5.41, 5.74) is 1.23. The molecule has 0 fully saturated rings. The molecular weight excluding hydrogens is 136 g/mol. The highest BCUT2D eigenvalue weighted by molar-refractivity contribution is 4.95. The van der Waals surface area contributed by atoms with Gasteiger partial charge in [-0.3, -0.25) is 0 Å². The number of rotatable bonds is 1. The van der Waals surface area contributed by atoms with Crippen LogP contribution < -0.4 is 0 Å². The molecule has 1 rings (SSSR count). The monoisotopic (exact) mass is 154 g/mol. The van der Waals surface area contributed by atoms with Crippen LogP contribution in [0.1, 0.15) is 39.4 Å². The first-order chi connectivity index (χ1) is 5.22. The summed E-state index contributed by atoms with van der Waals surface area (Å²) in [6.45, 7) is 10.4. The Kier molecular flexibility index (Phi) is 4.59. The zero-order chi connectivity index (χ0) is 8.85. The molecule has 0 aliphatic carbocycles. The normalized spacial score (nSPS) is 9.27. The summed E-state index contributed by atoms with van der Waals surface area (Å²) in [5.74, 6) is 0. The van der Waals surface area contributed by atoms with Crippen molar-refractivity contribution in [1.82, 2.24) is 9.55 Å². The average molecular weight is 154 g/mol. The summed E-state index contributed by atoms with van der Waals surface area (Å²) in [7, 11) is 0. The fourth-order valence-corrected chi connectivity index (χ4v) is 0.911. The number of aryl methyl sites for hydroxylation is 1. The van der Waals surface area contributed by atoms with Crippen LogP contribution in [0.25, 0.3) is 0 Å². The van der Waals surface area contributed by atoms with Gasteiger partial charge in [-0.05, 0) is 20.8 Å². The van der Waals surface area contributed by atoms with Crippen LogP contribution in [-0.4, -0.2) is 9.55 Å². The van der Waals surface area contributed by atoms with Crippen LogP contribution >= 0.6 is 0 Å². The molecule has 0 bridgehead atoms. The van der Waals surface area contributed by atoms with Crippen molar-refractivity contribution in [2.75, 3.05) is 0 Å². The molecule has 1 aromatic rings. The first-order valence-electron chi connectivity index (χ1n) is 4.20. The highest BCUT2D eigenvalue weighted by Crippen LogP contribution is 2.05. The predicted octanol–water partition coefficient (Wildman–Crippen LogP) is 2.80. The van der Waals surface area contributed by atoms with Crippen LogP contribution in [0, 0.1) is 6.92 Å². The molecule has 11 heavy (non-hydrogen) atoms. The van der Waals surface area contributed by atoms with E-state index < -0.39 is 0 Å². The Hall–Kier alpha value is -0.790. The van der Waals surface area contributed by atoms with Crippen LogP contribution in [0.3, 0.4) is 0 Å². The Morgan fingerprint density at radius 2 is 1.91 bits per heavy atom. The molecule has 1 heterocycles. The van der Waals surface area contributed by atoms with Crippen LogP contribution in [-0.2, 0) is 0 Å². The molecule has 0 radical (unpaired) electrons. The largest absolute Gasteiger partial charge is 0.332 e. The molecule has 0 spiro atoms. The van der Waals surface area contributed by atoms with Crippen LogP contribution in [0.15, 0.2) is 12.5 Å². The van der Waals surface area contributed by atoms with Crippen LogP contribution in [0.5, 0.6) is 0 Å². The van der Waals surface area contributed by atoms with Crippen molar-refractivity contribution in [2.24, 2.45) is 0 Å². The Labute approximate surface area is 69.3 Å². The molecule has 0 aliphatic heterocycles. The molecule has 0 atom stereocenters. The maximum atomic E-state index is 4.01. The second-order valence-corrected chi connectivity index (χ2v) is 2.54. The summed E-state index contributed by atoms with van der Waals surface area (Å²) in [4.78, 5) is 4.01. The van der Waals surface area contributed by atoms with Gasteiger partial charge in [-0.25, -0.2) is 4.98 Å². The van der Waals surface area contributed by atoms with Gasteiger partial charge in [-0.15, -0.1) is 0 Å². The van der Waals surface area contributed by atoms with E-state index >= 15 is 0 Å². The molecule has 0 aliphatic rings. The lowest BCUT2D eigenvalue weighted by atomic mass is 10.4. The topological polar surface area (TPSA) is 17.8 Å². The second kappa shape index (κ2) is 4.94. The Morgan fingerprint density at radius 1 is 1.36 bits per heavy atom. The molecule has 64 valence electrons. The molecule has 0 N–H and O–H groups in total. The molecule has 2 nitrogen and oxygen atoms in total. The quantitative estimate of drug-likeness (QED) is 0.608. The number of nitrogens with zero attached hydrogens (tertiary/aromatic N) is 2. The maximum absolute atomic E-state index is 4.01. The minimum absolute atomic E-state index is 0.535. The molecule has 1 aromatic heterocycles. The van der Waals surface area contributed by atoms with Gasteiger partial charge in [-0.2, -0.15) is 0 Å². The zero-order valence-corrected chi connectivity index (χ0v) is 8.13. The van der Waals surface area contributed by atoms with Crippen molar-refractivity contribution < 1.29 is 0 Å². The number of imidazole rings is 1. The van der Waals surface area contributed by atoms with Gasteiger partial charge in [0.15, 0.2) is 0 Å². The van der Waals surface area contributed by atoms with E-state index in [1.165, 1.54) is 5.69 Å². The fourth-order valence-electron chi connectivity index (χ4n) is 0.911. The van der Waals surface area contributed by atoms with Gasteiger partial charge in [0.1, 0.15) is 0 Å². The molecule has 0 saturated heterocycles. The molecule has 0 amide bonds. The van der Waals surface area contributed by atoms with Gasteiger partial charge in [0.05, 0.1) is 6.33 Å². The van der Waals surface area contributed by atoms with Crippen molar-refractivity contribution in [3.63, 3.8) is 0 Å². The Balaban J connectivity index is 0.000000461. The lowest BCUT2D eigenvalue weighted by Crippen LogP contribution is -1.99. The smallest absolute Gasteiger partial charge is 0.0950 e. The Morgan fingerprint density at radius 3 is 2.09 bits per heavy atom. The van der Waals surface area contributed by atoms with E-state index in [1.54, 1.807) is 0 Å². The van der Waals surface area contributed by atoms with Crippen LogP contribution in [0.4, 0.5) is 0 Å². The predicted molar refractivity (Wildman–Crippen MR) is 48.7 cm³/mol. The summed E-state index contributed by atoms with van der Waals surface area (Å²) in [6, 6.07) is 0.535. The van der Waals surface area contributed by atoms with Gasteiger partial charge >= 0.3 is 0 Å². The van der Waals surface area contributed by atoms with Crippen molar-refractivity contribution in [3.05, 3.63) is 18.2 Å². The minimum atomic E-state index is 0.535. The highest BCUT2D eigenvalue weighted by atomic mass is 15.1. The second-order valence-electron chi connectivity index (χ2n) is 2.54. The first-order valence-corrected chi connectivity index (χ1v) is 4.20. The van der Waals surface area contributed by atoms with Gasteiger partial charge in [-0.1, -0.05) is 13.8 Å². The zero-order valence-electron chi connectivity index (χ0n) is 8.13. The lowest BCUT2D eigenvalue weighted by molar-refractivity contribution is 0.585. The van der Waals surface area contributed by atoms with Gasteiger partial charge < -0.3 is 4.57 Å². The lowest BCUT2D eigenvalue weighted by Gasteiger charge is -2.07. The highest BCUT2D eigenvalue weighted by Gasteiger charge is 1.97. The van der Waals surface area contributed by atoms with Gasteiger partial charge in [0.2, 0.25) is 0 Å². The number of hydrogen-bond donors (Lipinski definition) is 0. The van der Waals surface area contributed by atoms with E-state index in [2.05, 4.69) is 30.3 Å². The van der Waals surface area contributed by atoms with Gasteiger partial charge in [0.25, 0.3) is 0 Å². The minimum Gasteiger partial charge on any atom is -0.332 e. The Bertz CT molecular complexity index is 189. The van der Waals surface area contributed by atoms with E-state index in [0.717, 1.165) is 0 Å². The molecule has 0 aromatic carbocycles. The maximum Gasteiger partial charge on any atom is 0.0950 e. The first kappa shape index (κ1) is 10.2. The van der Waals surface area contributed by atoms with Crippen molar-refractivity contribution >= 4 is 0 Å². The van der Waals surface area contributed by atoms with Crippen molar-refractivity contribution in [3.8, 4) is 0 Å². The van der Waals surface area contributed by atoms with E-state index in [4.69, 9.17) is 0 Å². The van der Waals surface area contributed by atoms with E-state index in [9.17, 15) is 0 Å². The number of aromatic nitrogens is 2. The fraction of sp³-hybridized carbons (Fsp3) is 0.667. The molecule has 0 saturated carbocycles. The van der Waals surface area contributed by atoms with Crippen molar-refractivity contribution in [1.29, 1.82) is 0 Å². The third-order valence-electron chi connectivity index (χ3n) is 1.42. The van der Waals surface area contributed by atoms with E-state index in [1.807, 2.05) is 26.4 Å². The SMILES string of the molecule is CC.Cc1cncn1C(C)C. The summed E-state index contributed by atoms with van der Waals surface area (Å²) < 4.78 is 2.14. The van der Waals surface area contributed by atoms with Crippen LogP contribution in [0.2, 0.25) is 0 Å². The third kappa shape index (κ3) is 2.74. The molecule has 2 heteroatoms. The summed E-state index contributed by atoms with van der Waals surface area (Å²) in [6.07, 6.45) is 3.74. The molecular formula is C9H18N2. The van der Waals surface area contributed by atoms with Gasteiger partial charge in [0, 0.05) is 17.9 Å². The summed E-state index contributed by atoms with van der Waals surface area (Å²) in [5, 5.41) is 0. The standard InChI is InChI=1S/C7H12N2.C2H6/c1-6(2)9-5-8-4-7(9)3;1-2/h4-6H,1-3H3;1-2H3. The van der Waals surface area contributed by atoms with E-state index in [0.29, 0.717) is 6.04 Å². The average Bonchev–Trinajstić information content (AvgIpc) is 2.39. The van der Waals surface area contributed by atoms with Crippen molar-refractivity contribution in [2.45, 2.75) is 40.7 Å². The summed E-state index contributed by atoms with van der Waals surface area (Å²) >= 11 is 0. The van der Waals surface area contributed by atoms with E-state index in [-0.39, 0.29) is 0 Å². The third-order valence-corrected chi connectivity index (χ3v) is 1.42.